The van der Waals surface area contributed by atoms with Gasteiger partial charge in [0, 0.05) is 45.3 Å². The van der Waals surface area contributed by atoms with Crippen molar-refractivity contribution in [2.45, 2.75) is 33.7 Å². The first-order chi connectivity index (χ1) is 11.6. The van der Waals surface area contributed by atoms with Crippen LogP contribution in [0.3, 0.4) is 0 Å². The quantitative estimate of drug-likeness (QED) is 0.861. The molecular formula is C18H24N4O2. The van der Waals surface area contributed by atoms with Gasteiger partial charge in [0.25, 0.3) is 5.91 Å². The number of hydrogen-bond donors (Lipinski definition) is 0. The van der Waals surface area contributed by atoms with E-state index in [1.165, 1.54) is 5.56 Å². The maximum absolute atomic E-state index is 12.6. The zero-order chi connectivity index (χ0) is 17.1. The molecule has 1 fully saturated rings. The van der Waals surface area contributed by atoms with Crippen LogP contribution < -0.4 is 0 Å². The lowest BCUT2D eigenvalue weighted by Gasteiger charge is -2.34. The van der Waals surface area contributed by atoms with E-state index in [1.54, 1.807) is 0 Å². The molecule has 6 nitrogen and oxygen atoms in total. The number of carbonyl (C=O) groups is 1. The summed E-state index contributed by atoms with van der Waals surface area (Å²) in [5, 5.41) is 0. The highest BCUT2D eigenvalue weighted by molar-refractivity contribution is 5.92. The van der Waals surface area contributed by atoms with Crippen molar-refractivity contribution >= 4 is 5.91 Å². The lowest BCUT2D eigenvalue weighted by molar-refractivity contribution is 0.0593. The van der Waals surface area contributed by atoms with Crippen molar-refractivity contribution in [3.63, 3.8) is 0 Å². The van der Waals surface area contributed by atoms with Crippen molar-refractivity contribution in [3.05, 3.63) is 46.9 Å². The van der Waals surface area contributed by atoms with E-state index in [1.807, 2.05) is 31.0 Å². The molecular weight excluding hydrogens is 304 g/mol. The average Bonchev–Trinajstić information content (AvgIpc) is 2.98. The normalized spacial score (nSPS) is 15.7. The standard InChI is InChI=1S/C18H24N4O2/c1-4-16-20-14(3)17(24-16)18(23)22-10-8-21(9-11-22)12-15-13(2)6-5-7-19-15/h5-7H,4,8-12H2,1-3H3. The van der Waals surface area contributed by atoms with Gasteiger partial charge in [0.2, 0.25) is 5.76 Å². The number of aryl methyl sites for hydroxylation is 3. The van der Waals surface area contributed by atoms with Crippen molar-refractivity contribution in [2.75, 3.05) is 26.2 Å². The summed E-state index contributed by atoms with van der Waals surface area (Å²) in [5.41, 5.74) is 3.00. The van der Waals surface area contributed by atoms with Gasteiger partial charge in [0.05, 0.1) is 11.4 Å². The highest BCUT2D eigenvalue weighted by atomic mass is 16.4. The highest BCUT2D eigenvalue weighted by Gasteiger charge is 2.26. The van der Waals surface area contributed by atoms with Crippen LogP contribution in [-0.2, 0) is 13.0 Å². The summed E-state index contributed by atoms with van der Waals surface area (Å²) in [4.78, 5) is 25.6. The smallest absolute Gasteiger partial charge is 0.291 e. The Morgan fingerprint density at radius 3 is 2.62 bits per heavy atom. The molecule has 3 rings (SSSR count). The molecule has 3 heterocycles. The third-order valence-corrected chi connectivity index (χ3v) is 4.49. The van der Waals surface area contributed by atoms with Gasteiger partial charge in [0.1, 0.15) is 0 Å². The Hall–Kier alpha value is -2.21. The van der Waals surface area contributed by atoms with Gasteiger partial charge < -0.3 is 9.32 Å². The van der Waals surface area contributed by atoms with Gasteiger partial charge in [0.15, 0.2) is 5.89 Å². The molecule has 0 aromatic carbocycles. The molecule has 0 aliphatic carbocycles. The first-order valence-corrected chi connectivity index (χ1v) is 8.47. The number of aromatic nitrogens is 2. The van der Waals surface area contributed by atoms with Crippen molar-refractivity contribution < 1.29 is 9.21 Å². The Balaban J connectivity index is 1.59. The molecule has 24 heavy (non-hydrogen) atoms. The molecule has 0 bridgehead atoms. The third-order valence-electron chi connectivity index (χ3n) is 4.49. The van der Waals surface area contributed by atoms with Crippen LogP contribution in [0.4, 0.5) is 0 Å². The summed E-state index contributed by atoms with van der Waals surface area (Å²) < 4.78 is 5.59. The Kier molecular flexibility index (Phi) is 4.94. The second-order valence-electron chi connectivity index (χ2n) is 6.21. The van der Waals surface area contributed by atoms with Crippen LogP contribution in [0.1, 0.15) is 40.3 Å². The fourth-order valence-corrected chi connectivity index (χ4v) is 2.95. The number of rotatable bonds is 4. The number of pyridine rings is 1. The molecule has 0 radical (unpaired) electrons. The Bertz CT molecular complexity index is 718. The van der Waals surface area contributed by atoms with Gasteiger partial charge in [-0.1, -0.05) is 13.0 Å². The Morgan fingerprint density at radius 2 is 2.00 bits per heavy atom. The van der Waals surface area contributed by atoms with E-state index < -0.39 is 0 Å². The molecule has 0 N–H and O–H groups in total. The van der Waals surface area contributed by atoms with E-state index in [2.05, 4.69) is 27.9 Å². The van der Waals surface area contributed by atoms with Gasteiger partial charge in [-0.3, -0.25) is 14.7 Å². The molecule has 0 spiro atoms. The monoisotopic (exact) mass is 328 g/mol. The number of carbonyl (C=O) groups excluding carboxylic acids is 1. The lowest BCUT2D eigenvalue weighted by Crippen LogP contribution is -2.48. The molecule has 2 aromatic heterocycles. The number of hydrogen-bond acceptors (Lipinski definition) is 5. The van der Waals surface area contributed by atoms with E-state index in [9.17, 15) is 4.79 Å². The fourth-order valence-electron chi connectivity index (χ4n) is 2.95. The number of piperazine rings is 1. The first-order valence-electron chi connectivity index (χ1n) is 8.47. The molecule has 6 heteroatoms. The van der Waals surface area contributed by atoms with Gasteiger partial charge in [-0.2, -0.15) is 0 Å². The van der Waals surface area contributed by atoms with E-state index in [0.717, 1.165) is 25.3 Å². The Labute approximate surface area is 142 Å². The van der Waals surface area contributed by atoms with Gasteiger partial charge in [-0.15, -0.1) is 0 Å². The van der Waals surface area contributed by atoms with Gasteiger partial charge in [-0.25, -0.2) is 4.98 Å². The SMILES string of the molecule is CCc1nc(C)c(C(=O)N2CCN(Cc3ncccc3C)CC2)o1. The topological polar surface area (TPSA) is 62.5 Å². The van der Waals surface area contributed by atoms with Crippen molar-refractivity contribution in [2.24, 2.45) is 0 Å². The maximum Gasteiger partial charge on any atom is 0.291 e. The van der Waals surface area contributed by atoms with Crippen LogP contribution in [0.2, 0.25) is 0 Å². The largest absolute Gasteiger partial charge is 0.435 e. The Morgan fingerprint density at radius 1 is 1.25 bits per heavy atom. The van der Waals surface area contributed by atoms with E-state index in [4.69, 9.17) is 4.42 Å². The van der Waals surface area contributed by atoms with Gasteiger partial charge >= 0.3 is 0 Å². The molecule has 0 atom stereocenters. The average molecular weight is 328 g/mol. The third kappa shape index (κ3) is 3.48. The molecule has 2 aromatic rings. The van der Waals surface area contributed by atoms with E-state index in [0.29, 0.717) is 36.9 Å². The van der Waals surface area contributed by atoms with Crippen molar-refractivity contribution in [1.29, 1.82) is 0 Å². The summed E-state index contributed by atoms with van der Waals surface area (Å²) in [6, 6.07) is 4.04. The fraction of sp³-hybridized carbons (Fsp3) is 0.500. The highest BCUT2D eigenvalue weighted by Crippen LogP contribution is 2.16. The molecule has 1 aliphatic heterocycles. The number of nitrogens with zero attached hydrogens (tertiary/aromatic N) is 4. The molecule has 1 saturated heterocycles. The lowest BCUT2D eigenvalue weighted by atomic mass is 10.2. The second kappa shape index (κ2) is 7.13. The van der Waals surface area contributed by atoms with Gasteiger partial charge in [-0.05, 0) is 25.5 Å². The molecule has 0 saturated carbocycles. The minimum absolute atomic E-state index is 0.0478. The van der Waals surface area contributed by atoms with Crippen LogP contribution in [0.25, 0.3) is 0 Å². The summed E-state index contributed by atoms with van der Waals surface area (Å²) in [6.45, 7) is 9.80. The zero-order valence-corrected chi connectivity index (χ0v) is 14.6. The van der Waals surface area contributed by atoms with Crippen molar-refractivity contribution in [1.82, 2.24) is 19.8 Å². The summed E-state index contributed by atoms with van der Waals surface area (Å²) in [7, 11) is 0. The molecule has 128 valence electrons. The summed E-state index contributed by atoms with van der Waals surface area (Å²) in [6.07, 6.45) is 2.53. The maximum atomic E-state index is 12.6. The van der Waals surface area contributed by atoms with Crippen LogP contribution >= 0.6 is 0 Å². The molecule has 1 amide bonds. The van der Waals surface area contributed by atoms with Crippen molar-refractivity contribution in [3.8, 4) is 0 Å². The zero-order valence-electron chi connectivity index (χ0n) is 14.6. The summed E-state index contributed by atoms with van der Waals surface area (Å²) in [5.74, 6) is 0.967. The van der Waals surface area contributed by atoms with E-state index in [-0.39, 0.29) is 5.91 Å². The van der Waals surface area contributed by atoms with Crippen LogP contribution in [-0.4, -0.2) is 51.9 Å². The number of amides is 1. The van der Waals surface area contributed by atoms with Crippen LogP contribution in [0.5, 0.6) is 0 Å². The first kappa shape index (κ1) is 16.6. The minimum atomic E-state index is -0.0478. The summed E-state index contributed by atoms with van der Waals surface area (Å²) >= 11 is 0. The minimum Gasteiger partial charge on any atom is -0.435 e. The molecule has 1 aliphatic rings. The number of oxazole rings is 1. The van der Waals surface area contributed by atoms with Crippen LogP contribution in [0, 0.1) is 13.8 Å². The van der Waals surface area contributed by atoms with E-state index >= 15 is 0 Å². The van der Waals surface area contributed by atoms with Crippen LogP contribution in [0.15, 0.2) is 22.7 Å². The molecule has 0 unspecified atom stereocenters. The predicted octanol–water partition coefficient (Wildman–Crippen LogP) is 2.21. The predicted molar refractivity (Wildman–Crippen MR) is 90.8 cm³/mol. The second-order valence-corrected chi connectivity index (χ2v) is 6.21.